The highest BCUT2D eigenvalue weighted by atomic mass is 79.9. The summed E-state index contributed by atoms with van der Waals surface area (Å²) >= 11 is 0. The van der Waals surface area contributed by atoms with Crippen molar-refractivity contribution in [2.45, 2.75) is 46.1 Å². The Labute approximate surface area is 91.7 Å². The van der Waals surface area contributed by atoms with Gasteiger partial charge in [-0.25, -0.2) is 0 Å². The molecule has 2 atom stereocenters. The number of aliphatic hydroxyl groups is 2. The van der Waals surface area contributed by atoms with Crippen LogP contribution < -0.4 is 17.0 Å². The molecule has 4 heteroatoms. The Hall–Kier alpha value is 0.360. The number of nitrogens with zero attached hydrogens (tertiary/aromatic N) is 1. The van der Waals surface area contributed by atoms with Gasteiger partial charge < -0.3 is 27.2 Å². The maximum absolute atomic E-state index is 9.48. The monoisotopic (exact) mass is 255 g/mol. The predicted octanol–water partition coefficient (Wildman–Crippen LogP) is -2.09. The minimum Gasteiger partial charge on any atom is -1.00 e. The fraction of sp³-hybridized carbons (Fsp3) is 1.00. The molecule has 2 N–H and O–H groups in total. The van der Waals surface area contributed by atoms with Crippen molar-refractivity contribution in [1.29, 1.82) is 0 Å². The quantitative estimate of drug-likeness (QED) is 0.437. The first-order chi connectivity index (χ1) is 5.45. The van der Waals surface area contributed by atoms with Gasteiger partial charge in [-0.05, 0) is 6.42 Å². The molecule has 82 valence electrons. The van der Waals surface area contributed by atoms with E-state index in [4.69, 9.17) is 0 Å². The van der Waals surface area contributed by atoms with Crippen LogP contribution in [0.5, 0.6) is 0 Å². The third kappa shape index (κ3) is 4.40. The van der Waals surface area contributed by atoms with Crippen LogP contribution in [-0.2, 0) is 0 Å². The molecule has 0 aromatic heterocycles. The molecule has 2 unspecified atom stereocenters. The van der Waals surface area contributed by atoms with E-state index in [9.17, 15) is 10.2 Å². The van der Waals surface area contributed by atoms with Crippen molar-refractivity contribution >= 4 is 0 Å². The zero-order valence-electron chi connectivity index (χ0n) is 9.00. The Balaban J connectivity index is 0. The Bertz CT molecular complexity index is 121. The molecule has 0 heterocycles. The second kappa shape index (κ2) is 6.76. The van der Waals surface area contributed by atoms with Gasteiger partial charge in [0, 0.05) is 13.8 Å². The fourth-order valence-electron chi connectivity index (χ4n) is 1.18. The Kier molecular flexibility index (Phi) is 8.23. The van der Waals surface area contributed by atoms with Crippen LogP contribution in [-0.4, -0.2) is 40.7 Å². The van der Waals surface area contributed by atoms with Gasteiger partial charge in [-0.3, -0.25) is 4.48 Å². The average molecular weight is 256 g/mol. The zero-order chi connectivity index (χ0) is 9.78. The number of aliphatic hydroxyl groups excluding tert-OH is 2. The largest absolute Gasteiger partial charge is 1.00 e. The Morgan fingerprint density at radius 2 is 1.54 bits per heavy atom. The van der Waals surface area contributed by atoms with Crippen LogP contribution in [0.15, 0.2) is 0 Å². The van der Waals surface area contributed by atoms with E-state index in [1.165, 1.54) is 0 Å². The summed E-state index contributed by atoms with van der Waals surface area (Å²) in [5, 5.41) is 19.0. The summed E-state index contributed by atoms with van der Waals surface area (Å²) in [6, 6.07) is 0. The molecule has 0 aliphatic rings. The van der Waals surface area contributed by atoms with Crippen molar-refractivity contribution < 1.29 is 31.7 Å². The van der Waals surface area contributed by atoms with Gasteiger partial charge in [0.15, 0.2) is 12.5 Å². The van der Waals surface area contributed by atoms with Crippen molar-refractivity contribution in [3.05, 3.63) is 0 Å². The van der Waals surface area contributed by atoms with E-state index in [1.807, 2.05) is 7.05 Å². The summed E-state index contributed by atoms with van der Waals surface area (Å²) in [6.45, 7) is 6.38. The van der Waals surface area contributed by atoms with Crippen molar-refractivity contribution in [2.75, 3.05) is 13.6 Å². The van der Waals surface area contributed by atoms with Crippen molar-refractivity contribution in [2.24, 2.45) is 0 Å². The predicted molar refractivity (Wildman–Crippen MR) is 49.3 cm³/mol. The standard InChI is InChI=1S/C9H22NO2.BrH/c1-5-6-7-10(4,8(2)11)9(3)12;/h8-9,11-12H,5-7H2,1-4H3;1H/q+1;/p-1. The highest BCUT2D eigenvalue weighted by Crippen LogP contribution is 2.14. The van der Waals surface area contributed by atoms with Crippen molar-refractivity contribution in [1.82, 2.24) is 0 Å². The topological polar surface area (TPSA) is 40.5 Å². The molecule has 0 bridgehead atoms. The molecular formula is C9H22BrNO2. The minimum atomic E-state index is -0.503. The summed E-state index contributed by atoms with van der Waals surface area (Å²) in [7, 11) is 1.88. The number of unbranched alkanes of at least 4 members (excludes halogenated alkanes) is 1. The van der Waals surface area contributed by atoms with Crippen LogP contribution >= 0.6 is 0 Å². The number of halogens is 1. The van der Waals surface area contributed by atoms with Crippen LogP contribution in [0.2, 0.25) is 0 Å². The van der Waals surface area contributed by atoms with Crippen LogP contribution in [0.3, 0.4) is 0 Å². The van der Waals surface area contributed by atoms with Gasteiger partial charge >= 0.3 is 0 Å². The summed E-state index contributed by atoms with van der Waals surface area (Å²) in [4.78, 5) is 0. The van der Waals surface area contributed by atoms with E-state index in [0.717, 1.165) is 19.4 Å². The molecule has 0 aliphatic carbocycles. The molecule has 0 amide bonds. The van der Waals surface area contributed by atoms with E-state index in [2.05, 4.69) is 6.92 Å². The smallest absolute Gasteiger partial charge is 0.189 e. The number of quaternary nitrogens is 1. The lowest BCUT2D eigenvalue weighted by atomic mass is 10.2. The van der Waals surface area contributed by atoms with E-state index < -0.39 is 12.5 Å². The van der Waals surface area contributed by atoms with E-state index in [0.29, 0.717) is 4.48 Å². The highest BCUT2D eigenvalue weighted by molar-refractivity contribution is 4.41. The molecule has 0 saturated carbocycles. The molecule has 13 heavy (non-hydrogen) atoms. The Morgan fingerprint density at radius 3 is 1.77 bits per heavy atom. The fourth-order valence-corrected chi connectivity index (χ4v) is 1.18. The summed E-state index contributed by atoms with van der Waals surface area (Å²) < 4.78 is 0.327. The lowest BCUT2D eigenvalue weighted by molar-refractivity contribution is -0.990. The van der Waals surface area contributed by atoms with Crippen LogP contribution in [0, 0.1) is 0 Å². The highest BCUT2D eigenvalue weighted by Gasteiger charge is 2.31. The minimum absolute atomic E-state index is 0. The van der Waals surface area contributed by atoms with Gasteiger partial charge in [0.05, 0.1) is 13.6 Å². The van der Waals surface area contributed by atoms with Gasteiger partial charge in [0.2, 0.25) is 0 Å². The SMILES string of the molecule is CCCC[N+](C)(C(C)O)C(C)O.[Br-]. The second-order valence-electron chi connectivity index (χ2n) is 3.69. The normalized spacial score (nSPS) is 19.8. The van der Waals surface area contributed by atoms with Gasteiger partial charge in [0.25, 0.3) is 0 Å². The molecule has 0 saturated heterocycles. The van der Waals surface area contributed by atoms with E-state index in [-0.39, 0.29) is 17.0 Å². The van der Waals surface area contributed by atoms with Gasteiger partial charge in [-0.15, -0.1) is 0 Å². The summed E-state index contributed by atoms with van der Waals surface area (Å²) in [5.41, 5.74) is 0. The van der Waals surface area contributed by atoms with Gasteiger partial charge in [-0.1, -0.05) is 13.3 Å². The second-order valence-corrected chi connectivity index (χ2v) is 3.69. The molecule has 0 aromatic carbocycles. The first kappa shape index (κ1) is 15.8. The van der Waals surface area contributed by atoms with Crippen LogP contribution in [0.1, 0.15) is 33.6 Å². The zero-order valence-corrected chi connectivity index (χ0v) is 10.6. The molecule has 3 nitrogen and oxygen atoms in total. The van der Waals surface area contributed by atoms with Crippen molar-refractivity contribution in [3.8, 4) is 0 Å². The van der Waals surface area contributed by atoms with Gasteiger partial charge in [0.1, 0.15) is 0 Å². The van der Waals surface area contributed by atoms with E-state index in [1.54, 1.807) is 13.8 Å². The molecule has 0 rings (SSSR count). The maximum Gasteiger partial charge on any atom is 0.189 e. The maximum atomic E-state index is 9.48. The average Bonchev–Trinajstić information content (AvgIpc) is 1.99. The first-order valence-electron chi connectivity index (χ1n) is 4.66. The third-order valence-corrected chi connectivity index (χ3v) is 2.70. The van der Waals surface area contributed by atoms with Crippen LogP contribution in [0.25, 0.3) is 0 Å². The molecule has 0 radical (unpaired) electrons. The third-order valence-electron chi connectivity index (χ3n) is 2.70. The number of hydrogen-bond acceptors (Lipinski definition) is 2. The molecule has 0 aromatic rings. The first-order valence-corrected chi connectivity index (χ1v) is 4.66. The van der Waals surface area contributed by atoms with E-state index >= 15 is 0 Å². The summed E-state index contributed by atoms with van der Waals surface area (Å²) in [5.74, 6) is 0. The molecular weight excluding hydrogens is 234 g/mol. The van der Waals surface area contributed by atoms with Gasteiger partial charge in [-0.2, -0.15) is 0 Å². The lowest BCUT2D eigenvalue weighted by Crippen LogP contribution is -3.00. The lowest BCUT2D eigenvalue weighted by Gasteiger charge is -2.39. The number of hydrogen-bond donors (Lipinski definition) is 2. The number of rotatable bonds is 5. The molecule has 0 fully saturated rings. The van der Waals surface area contributed by atoms with Crippen LogP contribution in [0.4, 0.5) is 0 Å². The molecule has 0 spiro atoms. The summed E-state index contributed by atoms with van der Waals surface area (Å²) in [6.07, 6.45) is 1.12. The Morgan fingerprint density at radius 1 is 1.15 bits per heavy atom. The molecule has 0 aliphatic heterocycles. The van der Waals surface area contributed by atoms with Crippen molar-refractivity contribution in [3.63, 3.8) is 0 Å².